The Balaban J connectivity index is 1.63. The molecule has 2 aromatic rings. The number of carbonyl (C=O) groups is 2. The second kappa shape index (κ2) is 9.60. The number of thiazole rings is 1. The Hall–Kier alpha value is -2.41. The Morgan fingerprint density at radius 2 is 1.83 bits per heavy atom. The summed E-state index contributed by atoms with van der Waals surface area (Å²) in [4.78, 5) is 31.8. The maximum atomic E-state index is 13.1. The molecule has 0 saturated heterocycles. The Labute approximate surface area is 182 Å². The van der Waals surface area contributed by atoms with E-state index >= 15 is 0 Å². The normalized spacial score (nSPS) is 15.0. The van der Waals surface area contributed by atoms with Crippen molar-refractivity contribution in [3.05, 3.63) is 29.6 Å². The summed E-state index contributed by atoms with van der Waals surface area (Å²) in [5.74, 6) is 0.00374. The summed E-state index contributed by atoms with van der Waals surface area (Å²) in [6, 6.07) is 7.51. The molecule has 162 valence electrons. The van der Waals surface area contributed by atoms with Crippen molar-refractivity contribution < 1.29 is 9.59 Å². The smallest absolute Gasteiger partial charge is 0.243 e. The van der Waals surface area contributed by atoms with E-state index in [1.54, 1.807) is 4.90 Å². The Bertz CT molecular complexity index is 864. The van der Waals surface area contributed by atoms with Crippen LogP contribution >= 0.6 is 11.3 Å². The lowest BCUT2D eigenvalue weighted by Crippen LogP contribution is -2.45. The van der Waals surface area contributed by atoms with Crippen LogP contribution < -0.4 is 11.1 Å². The van der Waals surface area contributed by atoms with Gasteiger partial charge in [0.25, 0.3) is 0 Å². The molecule has 1 aliphatic rings. The lowest BCUT2D eigenvalue weighted by molar-refractivity contribution is -0.140. The minimum atomic E-state index is -0.172. The third-order valence-corrected chi connectivity index (χ3v) is 5.93. The highest BCUT2D eigenvalue weighted by atomic mass is 32.1. The van der Waals surface area contributed by atoms with Crippen molar-refractivity contribution in [2.24, 2.45) is 11.3 Å². The number of hydrogen-bond acceptors (Lipinski definition) is 5. The summed E-state index contributed by atoms with van der Waals surface area (Å²) in [7, 11) is 0. The van der Waals surface area contributed by atoms with E-state index in [4.69, 9.17) is 5.73 Å². The van der Waals surface area contributed by atoms with Crippen LogP contribution in [0.3, 0.4) is 0 Å². The maximum Gasteiger partial charge on any atom is 0.243 e. The molecule has 1 saturated carbocycles. The van der Waals surface area contributed by atoms with E-state index < -0.39 is 0 Å². The summed E-state index contributed by atoms with van der Waals surface area (Å²) < 4.78 is 0. The third kappa shape index (κ3) is 6.29. The van der Waals surface area contributed by atoms with Gasteiger partial charge < -0.3 is 16.0 Å². The molecule has 0 bridgehead atoms. The molecule has 30 heavy (non-hydrogen) atoms. The molecular formula is C23H32N4O2S. The average Bonchev–Trinajstić information content (AvgIpc) is 3.13. The number of rotatable bonds is 6. The summed E-state index contributed by atoms with van der Waals surface area (Å²) in [5, 5.41) is 5.36. The SMILES string of the molecule is CC(C)(C)CN(CC(=O)Nc1ccc(-c2csc(N)n2)cc1)C(=O)C1CCCCC1. The Morgan fingerprint density at radius 3 is 2.40 bits per heavy atom. The molecule has 1 aromatic carbocycles. The van der Waals surface area contributed by atoms with Gasteiger partial charge in [0.15, 0.2) is 5.13 Å². The second-order valence-corrected chi connectivity index (χ2v) is 10.2. The third-order valence-electron chi connectivity index (χ3n) is 5.25. The largest absolute Gasteiger partial charge is 0.375 e. The van der Waals surface area contributed by atoms with Crippen molar-refractivity contribution in [2.45, 2.75) is 52.9 Å². The van der Waals surface area contributed by atoms with E-state index in [1.165, 1.54) is 17.8 Å². The van der Waals surface area contributed by atoms with E-state index in [0.29, 0.717) is 17.4 Å². The van der Waals surface area contributed by atoms with Crippen molar-refractivity contribution in [1.82, 2.24) is 9.88 Å². The maximum absolute atomic E-state index is 13.1. The first kappa shape index (κ1) is 22.3. The summed E-state index contributed by atoms with van der Waals surface area (Å²) in [6.45, 7) is 6.93. The molecule has 0 unspecified atom stereocenters. The molecule has 1 fully saturated rings. The van der Waals surface area contributed by atoms with Gasteiger partial charge in [-0.1, -0.05) is 52.2 Å². The molecule has 0 aliphatic heterocycles. The summed E-state index contributed by atoms with van der Waals surface area (Å²) >= 11 is 1.40. The number of benzene rings is 1. The van der Waals surface area contributed by atoms with Crippen molar-refractivity contribution in [3.8, 4) is 11.3 Å². The number of nitrogens with two attached hydrogens (primary N) is 1. The van der Waals surface area contributed by atoms with Gasteiger partial charge in [-0.2, -0.15) is 0 Å². The number of nitrogen functional groups attached to an aromatic ring is 1. The van der Waals surface area contributed by atoms with Gasteiger partial charge in [-0.3, -0.25) is 9.59 Å². The fourth-order valence-electron chi connectivity index (χ4n) is 3.91. The molecule has 3 N–H and O–H groups in total. The molecule has 1 aromatic heterocycles. The fourth-order valence-corrected chi connectivity index (χ4v) is 4.48. The molecule has 1 aliphatic carbocycles. The van der Waals surface area contributed by atoms with Crippen LogP contribution in [0.25, 0.3) is 11.3 Å². The van der Waals surface area contributed by atoms with Gasteiger partial charge in [-0.15, -0.1) is 11.3 Å². The van der Waals surface area contributed by atoms with Gasteiger partial charge >= 0.3 is 0 Å². The number of anilines is 2. The molecule has 7 heteroatoms. The van der Waals surface area contributed by atoms with Crippen LogP contribution in [-0.2, 0) is 9.59 Å². The predicted octanol–water partition coefficient (Wildman–Crippen LogP) is 4.79. The van der Waals surface area contributed by atoms with Gasteiger partial charge in [-0.25, -0.2) is 4.98 Å². The standard InChI is InChI=1S/C23H32N4O2S/c1-23(2,3)15-27(21(29)17-7-5-4-6-8-17)13-20(28)25-18-11-9-16(10-12-18)19-14-30-22(24)26-19/h9-12,14,17H,4-8,13,15H2,1-3H3,(H2,24,26)(H,25,28). The van der Waals surface area contributed by atoms with Gasteiger partial charge in [0.1, 0.15) is 0 Å². The van der Waals surface area contributed by atoms with Crippen molar-refractivity contribution in [3.63, 3.8) is 0 Å². The topological polar surface area (TPSA) is 88.3 Å². The number of hydrogen-bond donors (Lipinski definition) is 2. The van der Waals surface area contributed by atoms with Crippen LogP contribution in [0.1, 0.15) is 52.9 Å². The number of nitrogens with zero attached hydrogens (tertiary/aromatic N) is 2. The van der Waals surface area contributed by atoms with Gasteiger partial charge in [0, 0.05) is 29.1 Å². The van der Waals surface area contributed by atoms with Crippen LogP contribution in [0.2, 0.25) is 0 Å². The van der Waals surface area contributed by atoms with Crippen molar-refractivity contribution in [1.29, 1.82) is 0 Å². The molecule has 6 nitrogen and oxygen atoms in total. The molecule has 2 amide bonds. The Kier molecular flexibility index (Phi) is 7.13. The molecular weight excluding hydrogens is 396 g/mol. The number of amides is 2. The zero-order valence-corrected chi connectivity index (χ0v) is 18.9. The first-order chi connectivity index (χ1) is 14.2. The monoisotopic (exact) mass is 428 g/mol. The summed E-state index contributed by atoms with van der Waals surface area (Å²) in [6.07, 6.45) is 5.27. The molecule has 0 spiro atoms. The lowest BCUT2D eigenvalue weighted by atomic mass is 9.87. The van der Waals surface area contributed by atoms with Crippen LogP contribution in [-0.4, -0.2) is 34.8 Å². The highest BCUT2D eigenvalue weighted by molar-refractivity contribution is 7.13. The zero-order valence-electron chi connectivity index (χ0n) is 18.1. The van der Waals surface area contributed by atoms with Crippen LogP contribution in [0.4, 0.5) is 10.8 Å². The minimum Gasteiger partial charge on any atom is -0.375 e. The van der Waals surface area contributed by atoms with E-state index in [2.05, 4.69) is 31.1 Å². The van der Waals surface area contributed by atoms with Crippen LogP contribution in [0.5, 0.6) is 0 Å². The number of nitrogens with one attached hydrogen (secondary N) is 1. The van der Waals surface area contributed by atoms with Gasteiger partial charge in [0.05, 0.1) is 12.2 Å². The molecule has 1 heterocycles. The Morgan fingerprint density at radius 1 is 1.17 bits per heavy atom. The quantitative estimate of drug-likeness (QED) is 0.693. The van der Waals surface area contributed by atoms with Crippen molar-refractivity contribution in [2.75, 3.05) is 24.1 Å². The molecule has 0 atom stereocenters. The lowest BCUT2D eigenvalue weighted by Gasteiger charge is -2.33. The second-order valence-electron chi connectivity index (χ2n) is 9.29. The van der Waals surface area contributed by atoms with E-state index in [1.807, 2.05) is 29.6 Å². The summed E-state index contributed by atoms with van der Waals surface area (Å²) in [5.41, 5.74) is 8.10. The highest BCUT2D eigenvalue weighted by Gasteiger charge is 2.29. The number of carbonyl (C=O) groups excluding carboxylic acids is 2. The number of aromatic nitrogens is 1. The van der Waals surface area contributed by atoms with Gasteiger partial charge in [0.2, 0.25) is 11.8 Å². The van der Waals surface area contributed by atoms with Crippen LogP contribution in [0, 0.1) is 11.3 Å². The van der Waals surface area contributed by atoms with Crippen molar-refractivity contribution >= 4 is 34.0 Å². The fraction of sp³-hybridized carbons (Fsp3) is 0.522. The zero-order chi connectivity index (χ0) is 21.7. The van der Waals surface area contributed by atoms with E-state index in [-0.39, 0.29) is 29.7 Å². The predicted molar refractivity (Wildman–Crippen MR) is 123 cm³/mol. The van der Waals surface area contributed by atoms with E-state index in [9.17, 15) is 9.59 Å². The van der Waals surface area contributed by atoms with E-state index in [0.717, 1.165) is 36.9 Å². The first-order valence-electron chi connectivity index (χ1n) is 10.6. The molecule has 0 radical (unpaired) electrons. The average molecular weight is 429 g/mol. The highest BCUT2D eigenvalue weighted by Crippen LogP contribution is 2.27. The first-order valence-corrected chi connectivity index (χ1v) is 11.5. The van der Waals surface area contributed by atoms with Gasteiger partial charge in [-0.05, 0) is 30.4 Å². The molecule has 3 rings (SSSR count). The van der Waals surface area contributed by atoms with Crippen LogP contribution in [0.15, 0.2) is 29.6 Å². The minimum absolute atomic E-state index is 0.0544.